The Kier molecular flexibility index (Phi) is 5.66. The molecule has 1 amide bonds. The Morgan fingerprint density at radius 3 is 2.38 bits per heavy atom. The topological polar surface area (TPSA) is 105 Å². The molecule has 3 rings (SSSR count). The van der Waals surface area contributed by atoms with Gasteiger partial charge in [-0.1, -0.05) is 18.2 Å². The summed E-state index contributed by atoms with van der Waals surface area (Å²) in [6, 6.07) is 8.49. The number of fused-ring (bicyclic) bond motifs is 1. The summed E-state index contributed by atoms with van der Waals surface area (Å²) in [5, 5.41) is 12.9. The van der Waals surface area contributed by atoms with E-state index in [0.717, 1.165) is 0 Å². The average Bonchev–Trinajstić information content (AvgIpc) is 3.13. The van der Waals surface area contributed by atoms with Crippen molar-refractivity contribution >= 4 is 17.8 Å². The number of esters is 2. The lowest BCUT2D eigenvalue weighted by atomic mass is 9.75. The van der Waals surface area contributed by atoms with E-state index in [4.69, 9.17) is 9.47 Å². The maximum atomic E-state index is 13.1. The van der Waals surface area contributed by atoms with Crippen molar-refractivity contribution in [1.82, 2.24) is 10.4 Å². The summed E-state index contributed by atoms with van der Waals surface area (Å²) in [6.45, 7) is 5.11. The standard InChI is InChI=1S/C21H26N2O6/c1-4-28-18(25)16-14(3)23(22-17(24)15-10-7-6-8-11-15)21(27)13-9-12-20(16,21)19(26)29-5-2/h6-8,10-11,27H,4-5,9,12-13H2,1-3H3,(H,22,24). The third-order valence-corrected chi connectivity index (χ3v) is 5.61. The molecule has 0 spiro atoms. The Morgan fingerprint density at radius 2 is 1.76 bits per heavy atom. The summed E-state index contributed by atoms with van der Waals surface area (Å²) in [4.78, 5) is 38.6. The molecule has 8 nitrogen and oxygen atoms in total. The second kappa shape index (κ2) is 7.87. The van der Waals surface area contributed by atoms with Crippen LogP contribution < -0.4 is 5.43 Å². The van der Waals surface area contributed by atoms with E-state index in [9.17, 15) is 19.5 Å². The number of carbonyl (C=O) groups excluding carboxylic acids is 3. The van der Waals surface area contributed by atoms with Gasteiger partial charge in [0.05, 0.1) is 18.8 Å². The van der Waals surface area contributed by atoms with Crippen molar-refractivity contribution in [3.63, 3.8) is 0 Å². The summed E-state index contributed by atoms with van der Waals surface area (Å²) < 4.78 is 10.4. The molecule has 0 bridgehead atoms. The molecule has 0 saturated heterocycles. The van der Waals surface area contributed by atoms with Crippen LogP contribution >= 0.6 is 0 Å². The first-order valence-electron chi connectivity index (χ1n) is 9.77. The Morgan fingerprint density at radius 1 is 1.10 bits per heavy atom. The summed E-state index contributed by atoms with van der Waals surface area (Å²) in [7, 11) is 0. The Hall–Kier alpha value is -2.87. The van der Waals surface area contributed by atoms with Gasteiger partial charge in [-0.2, -0.15) is 0 Å². The van der Waals surface area contributed by atoms with Crippen LogP contribution in [0.2, 0.25) is 0 Å². The van der Waals surface area contributed by atoms with Crippen LogP contribution in [0.4, 0.5) is 0 Å². The molecule has 1 fully saturated rings. The van der Waals surface area contributed by atoms with Gasteiger partial charge in [0.1, 0.15) is 0 Å². The third kappa shape index (κ3) is 3.07. The lowest BCUT2D eigenvalue weighted by Crippen LogP contribution is -2.61. The van der Waals surface area contributed by atoms with Gasteiger partial charge in [0.2, 0.25) is 0 Å². The number of nitrogens with zero attached hydrogens (tertiary/aromatic N) is 1. The number of carbonyl (C=O) groups is 3. The predicted octanol–water partition coefficient (Wildman–Crippen LogP) is 1.91. The number of nitrogens with one attached hydrogen (secondary N) is 1. The Bertz CT molecular complexity index is 852. The molecule has 2 atom stereocenters. The molecule has 8 heteroatoms. The van der Waals surface area contributed by atoms with Crippen LogP contribution in [0, 0.1) is 5.41 Å². The summed E-state index contributed by atoms with van der Waals surface area (Å²) >= 11 is 0. The normalized spacial score (nSPS) is 25.6. The van der Waals surface area contributed by atoms with Crippen LogP contribution in [0.5, 0.6) is 0 Å². The quantitative estimate of drug-likeness (QED) is 0.700. The first-order valence-corrected chi connectivity index (χ1v) is 9.77. The minimum Gasteiger partial charge on any atom is -0.465 e. The molecular formula is C21H26N2O6. The van der Waals surface area contributed by atoms with Crippen molar-refractivity contribution in [3.8, 4) is 0 Å². The van der Waals surface area contributed by atoms with Gasteiger partial charge in [-0.15, -0.1) is 0 Å². The van der Waals surface area contributed by atoms with Crippen LogP contribution in [0.1, 0.15) is 50.4 Å². The number of hydrogen-bond donors (Lipinski definition) is 2. The molecule has 1 aromatic rings. The number of aliphatic hydroxyl groups is 1. The van der Waals surface area contributed by atoms with Crippen molar-refractivity contribution in [3.05, 3.63) is 47.2 Å². The fraction of sp³-hybridized carbons (Fsp3) is 0.476. The lowest BCUT2D eigenvalue weighted by Gasteiger charge is -2.41. The van der Waals surface area contributed by atoms with Gasteiger partial charge in [0.25, 0.3) is 5.91 Å². The Balaban J connectivity index is 2.08. The van der Waals surface area contributed by atoms with Crippen LogP contribution in [0.3, 0.4) is 0 Å². The van der Waals surface area contributed by atoms with Crippen LogP contribution in [-0.2, 0) is 19.1 Å². The van der Waals surface area contributed by atoms with Crippen LogP contribution in [-0.4, -0.2) is 46.9 Å². The minimum atomic E-state index is -1.82. The zero-order valence-electron chi connectivity index (χ0n) is 16.9. The summed E-state index contributed by atoms with van der Waals surface area (Å²) in [6.07, 6.45) is 0.871. The van der Waals surface area contributed by atoms with Crippen molar-refractivity contribution < 1.29 is 29.0 Å². The van der Waals surface area contributed by atoms with Crippen molar-refractivity contribution in [2.45, 2.75) is 45.8 Å². The number of allylic oxidation sites excluding steroid dienone is 1. The smallest absolute Gasteiger partial charge is 0.337 e. The number of rotatable bonds is 6. The number of hydrogen-bond acceptors (Lipinski definition) is 7. The molecule has 2 N–H and O–H groups in total. The first kappa shape index (κ1) is 20.9. The molecule has 156 valence electrons. The number of ether oxygens (including phenoxy) is 2. The minimum absolute atomic E-state index is 0.0335. The third-order valence-electron chi connectivity index (χ3n) is 5.61. The molecule has 29 heavy (non-hydrogen) atoms. The highest BCUT2D eigenvalue weighted by Gasteiger charge is 2.71. The van der Waals surface area contributed by atoms with E-state index >= 15 is 0 Å². The SMILES string of the molecule is CCOC(=O)C1=C(C)N(NC(=O)c2ccccc2)C2(O)CCCC12C(=O)OCC. The molecule has 0 aromatic heterocycles. The second-order valence-corrected chi connectivity index (χ2v) is 7.12. The molecule has 1 aliphatic carbocycles. The molecule has 1 saturated carbocycles. The van der Waals surface area contributed by atoms with Gasteiger partial charge in [-0.05, 0) is 52.2 Å². The van der Waals surface area contributed by atoms with Crippen molar-refractivity contribution in [2.75, 3.05) is 13.2 Å². The van der Waals surface area contributed by atoms with E-state index < -0.39 is 29.0 Å². The van der Waals surface area contributed by atoms with Gasteiger partial charge in [0, 0.05) is 11.3 Å². The van der Waals surface area contributed by atoms with E-state index in [2.05, 4.69) is 5.43 Å². The summed E-state index contributed by atoms with van der Waals surface area (Å²) in [5.41, 5.74) is -0.0860. The maximum Gasteiger partial charge on any atom is 0.337 e. The van der Waals surface area contributed by atoms with E-state index in [-0.39, 0.29) is 37.3 Å². The van der Waals surface area contributed by atoms with Gasteiger partial charge < -0.3 is 14.6 Å². The molecule has 2 unspecified atom stereocenters. The first-order chi connectivity index (χ1) is 13.8. The van der Waals surface area contributed by atoms with E-state index in [1.165, 1.54) is 5.01 Å². The average molecular weight is 402 g/mol. The van der Waals surface area contributed by atoms with E-state index in [1.54, 1.807) is 51.1 Å². The zero-order valence-corrected chi connectivity index (χ0v) is 16.9. The van der Waals surface area contributed by atoms with E-state index in [1.807, 2.05) is 0 Å². The molecule has 1 aromatic carbocycles. The highest BCUT2D eigenvalue weighted by molar-refractivity contribution is 6.01. The van der Waals surface area contributed by atoms with Gasteiger partial charge in [0.15, 0.2) is 11.1 Å². The molecule has 2 aliphatic rings. The van der Waals surface area contributed by atoms with Crippen molar-refractivity contribution in [2.24, 2.45) is 5.41 Å². The number of amides is 1. The second-order valence-electron chi connectivity index (χ2n) is 7.12. The molecular weight excluding hydrogens is 376 g/mol. The number of hydrazine groups is 1. The molecule has 1 aliphatic heterocycles. The fourth-order valence-electron chi connectivity index (χ4n) is 4.42. The van der Waals surface area contributed by atoms with Crippen LogP contribution in [0.15, 0.2) is 41.6 Å². The lowest BCUT2D eigenvalue weighted by molar-refractivity contribution is -0.188. The maximum absolute atomic E-state index is 13.1. The zero-order chi connectivity index (χ0) is 21.2. The molecule has 1 heterocycles. The van der Waals surface area contributed by atoms with Gasteiger partial charge >= 0.3 is 11.9 Å². The Labute approximate surface area is 169 Å². The summed E-state index contributed by atoms with van der Waals surface area (Å²) in [5.74, 6) is -1.86. The monoisotopic (exact) mass is 402 g/mol. The predicted molar refractivity (Wildman–Crippen MR) is 103 cm³/mol. The highest BCUT2D eigenvalue weighted by atomic mass is 16.5. The fourth-order valence-corrected chi connectivity index (χ4v) is 4.42. The van der Waals surface area contributed by atoms with Crippen molar-refractivity contribution in [1.29, 1.82) is 0 Å². The largest absolute Gasteiger partial charge is 0.465 e. The molecule has 0 radical (unpaired) electrons. The van der Waals surface area contributed by atoms with Crippen LogP contribution in [0.25, 0.3) is 0 Å². The van der Waals surface area contributed by atoms with Gasteiger partial charge in [-0.25, -0.2) is 4.79 Å². The highest BCUT2D eigenvalue weighted by Crippen LogP contribution is 2.59. The van der Waals surface area contributed by atoms with Gasteiger partial charge in [-0.3, -0.25) is 20.0 Å². The van der Waals surface area contributed by atoms with E-state index in [0.29, 0.717) is 12.0 Å². The number of benzene rings is 1.